The molecule has 0 radical (unpaired) electrons. The highest BCUT2D eigenvalue weighted by molar-refractivity contribution is 7.09. The highest BCUT2D eigenvalue weighted by Gasteiger charge is 2.35. The Hall–Kier alpha value is -4.71. The Bertz CT molecular complexity index is 1450. The van der Waals surface area contributed by atoms with Gasteiger partial charge in [-0.3, -0.25) is 19.4 Å². The van der Waals surface area contributed by atoms with E-state index in [2.05, 4.69) is 14.7 Å². The molecule has 1 atom stereocenters. The molecule has 0 aliphatic rings. The van der Waals surface area contributed by atoms with Crippen molar-refractivity contribution in [2.45, 2.75) is 19.1 Å². The van der Waals surface area contributed by atoms with Crippen molar-refractivity contribution in [3.05, 3.63) is 112 Å². The number of pyridine rings is 1. The van der Waals surface area contributed by atoms with Crippen LogP contribution in [-0.4, -0.2) is 32.0 Å². The molecule has 0 bridgehead atoms. The molecule has 2 heterocycles. The van der Waals surface area contributed by atoms with E-state index in [9.17, 15) is 23.2 Å². The number of halogens is 2. The zero-order chi connectivity index (χ0) is 27.2. The van der Waals surface area contributed by atoms with E-state index >= 15 is 0 Å². The second-order valence-electron chi connectivity index (χ2n) is 8.23. The van der Waals surface area contributed by atoms with Gasteiger partial charge in [0, 0.05) is 25.5 Å². The van der Waals surface area contributed by atoms with E-state index in [0.717, 1.165) is 0 Å². The Kier molecular flexibility index (Phi) is 8.02. The number of hydrogen-bond donors (Lipinski definition) is 3. The van der Waals surface area contributed by atoms with E-state index in [1.807, 2.05) is 0 Å². The predicted octanol–water partition coefficient (Wildman–Crippen LogP) is 3.20. The molecule has 0 fully saturated rings. The van der Waals surface area contributed by atoms with Gasteiger partial charge in [-0.15, -0.1) is 0 Å². The minimum absolute atomic E-state index is 0.0419. The molecule has 4 aromatic rings. The van der Waals surface area contributed by atoms with Crippen LogP contribution >= 0.6 is 11.5 Å². The zero-order valence-electron chi connectivity index (χ0n) is 19.8. The minimum Gasteiger partial charge on any atom is -0.395 e. The van der Waals surface area contributed by atoms with E-state index in [1.54, 1.807) is 18.3 Å². The Morgan fingerprint density at radius 3 is 2.21 bits per heavy atom. The maximum atomic E-state index is 13.9. The summed E-state index contributed by atoms with van der Waals surface area (Å²) in [6.07, 6.45) is 3.09. The first-order valence-electron chi connectivity index (χ1n) is 11.3. The van der Waals surface area contributed by atoms with Crippen LogP contribution in [0.3, 0.4) is 0 Å². The highest BCUT2D eigenvalue weighted by atomic mass is 32.1. The molecule has 0 aliphatic carbocycles. The molecule has 0 saturated heterocycles. The fourth-order valence-electron chi connectivity index (χ4n) is 3.73. The summed E-state index contributed by atoms with van der Waals surface area (Å²) in [5.74, 6) is -3.13. The van der Waals surface area contributed by atoms with E-state index in [4.69, 9.17) is 11.5 Å². The average Bonchev–Trinajstić information content (AvgIpc) is 3.30. The summed E-state index contributed by atoms with van der Waals surface area (Å²) >= 11 is 0.680. The van der Waals surface area contributed by atoms with Crippen LogP contribution < -0.4 is 16.8 Å². The summed E-state index contributed by atoms with van der Waals surface area (Å²) in [5, 5.41) is 2.76. The summed E-state index contributed by atoms with van der Waals surface area (Å²) in [7, 11) is 0. The molecule has 0 aliphatic heterocycles. The number of nitrogens with zero attached hydrogens (tertiary/aromatic N) is 3. The number of hydrogen-bond acceptors (Lipinski definition) is 7. The summed E-state index contributed by atoms with van der Waals surface area (Å²) in [4.78, 5) is 44.4. The monoisotopic (exact) mass is 536 g/mol. The third-order valence-electron chi connectivity index (χ3n) is 5.62. The SMILES string of the molecule is NC(=O)c1nsc(C(=O)N(Cc2cccnc2)[C@@H](C(=O)NCc2ccc(F)cc2)c2ccc(F)cc2)c1N. The van der Waals surface area contributed by atoms with Crippen molar-refractivity contribution in [2.24, 2.45) is 5.73 Å². The lowest BCUT2D eigenvalue weighted by Gasteiger charge is -2.31. The number of nitrogens with one attached hydrogen (secondary N) is 1. The smallest absolute Gasteiger partial charge is 0.270 e. The van der Waals surface area contributed by atoms with Crippen molar-refractivity contribution >= 4 is 34.9 Å². The van der Waals surface area contributed by atoms with Crippen LogP contribution in [0.4, 0.5) is 14.5 Å². The third-order valence-corrected chi connectivity index (χ3v) is 6.47. The van der Waals surface area contributed by atoms with Gasteiger partial charge in [-0.05, 0) is 58.6 Å². The molecule has 2 aromatic heterocycles. The molecular formula is C26H22F2N6O3S. The second kappa shape index (κ2) is 11.6. The molecule has 9 nitrogen and oxygen atoms in total. The summed E-state index contributed by atoms with van der Waals surface area (Å²) in [6, 6.07) is 12.8. The second-order valence-corrected chi connectivity index (χ2v) is 9.00. The lowest BCUT2D eigenvalue weighted by atomic mass is 10.0. The number of rotatable bonds is 9. The maximum absolute atomic E-state index is 13.9. The van der Waals surface area contributed by atoms with Crippen LogP contribution in [0.5, 0.6) is 0 Å². The third kappa shape index (κ3) is 5.98. The zero-order valence-corrected chi connectivity index (χ0v) is 20.6. The number of amides is 3. The van der Waals surface area contributed by atoms with E-state index < -0.39 is 35.4 Å². The summed E-state index contributed by atoms with van der Waals surface area (Å²) in [5.41, 5.74) is 12.4. The molecule has 2 aromatic carbocycles. The highest BCUT2D eigenvalue weighted by Crippen LogP contribution is 2.30. The van der Waals surface area contributed by atoms with Gasteiger partial charge in [-0.2, -0.15) is 4.37 Å². The van der Waals surface area contributed by atoms with E-state index in [1.165, 1.54) is 59.6 Å². The molecule has 4 rings (SSSR count). The van der Waals surface area contributed by atoms with Crippen molar-refractivity contribution < 1.29 is 23.2 Å². The number of nitrogens with two attached hydrogens (primary N) is 2. The van der Waals surface area contributed by atoms with Gasteiger partial charge in [-0.25, -0.2) is 8.78 Å². The Labute approximate surface area is 220 Å². The number of carbonyl (C=O) groups is 3. The number of aromatic nitrogens is 2. The number of benzene rings is 2. The topological polar surface area (TPSA) is 144 Å². The van der Waals surface area contributed by atoms with Crippen molar-refractivity contribution in [2.75, 3.05) is 5.73 Å². The Morgan fingerprint density at radius 2 is 1.63 bits per heavy atom. The number of primary amides is 1. The Morgan fingerprint density at radius 1 is 0.974 bits per heavy atom. The number of nitrogen functional groups attached to an aromatic ring is 1. The van der Waals surface area contributed by atoms with Gasteiger partial charge < -0.3 is 21.7 Å². The number of anilines is 1. The van der Waals surface area contributed by atoms with Gasteiger partial charge in [0.2, 0.25) is 5.91 Å². The van der Waals surface area contributed by atoms with Gasteiger partial charge in [0.25, 0.3) is 11.8 Å². The quantitative estimate of drug-likeness (QED) is 0.300. The molecule has 0 saturated carbocycles. The van der Waals surface area contributed by atoms with E-state index in [-0.39, 0.29) is 29.3 Å². The molecule has 194 valence electrons. The maximum Gasteiger partial charge on any atom is 0.270 e. The van der Waals surface area contributed by atoms with Gasteiger partial charge in [0.1, 0.15) is 22.6 Å². The minimum atomic E-state index is -1.25. The first-order chi connectivity index (χ1) is 18.2. The van der Waals surface area contributed by atoms with Crippen LogP contribution in [0.15, 0.2) is 73.1 Å². The fourth-order valence-corrected chi connectivity index (χ4v) is 4.50. The molecule has 5 N–H and O–H groups in total. The van der Waals surface area contributed by atoms with Crippen LogP contribution in [0.2, 0.25) is 0 Å². The average molecular weight is 537 g/mol. The predicted molar refractivity (Wildman–Crippen MR) is 137 cm³/mol. The first-order valence-corrected chi connectivity index (χ1v) is 12.0. The van der Waals surface area contributed by atoms with Crippen LogP contribution in [0.25, 0.3) is 0 Å². The lowest BCUT2D eigenvalue weighted by molar-refractivity contribution is -0.126. The first kappa shape index (κ1) is 26.4. The van der Waals surface area contributed by atoms with Gasteiger partial charge in [0.05, 0.1) is 5.69 Å². The van der Waals surface area contributed by atoms with Crippen molar-refractivity contribution in [3.8, 4) is 0 Å². The number of carbonyl (C=O) groups excluding carboxylic acids is 3. The van der Waals surface area contributed by atoms with Crippen LogP contribution in [0, 0.1) is 11.6 Å². The molecule has 38 heavy (non-hydrogen) atoms. The van der Waals surface area contributed by atoms with Crippen molar-refractivity contribution in [3.63, 3.8) is 0 Å². The van der Waals surface area contributed by atoms with Crippen molar-refractivity contribution in [1.29, 1.82) is 0 Å². The molecule has 12 heteroatoms. The normalized spacial score (nSPS) is 11.5. The van der Waals surface area contributed by atoms with Gasteiger partial charge >= 0.3 is 0 Å². The summed E-state index contributed by atoms with van der Waals surface area (Å²) in [6.45, 7) is -0.0395. The van der Waals surface area contributed by atoms with Gasteiger partial charge in [-0.1, -0.05) is 30.3 Å². The van der Waals surface area contributed by atoms with Gasteiger partial charge in [0.15, 0.2) is 5.69 Å². The summed E-state index contributed by atoms with van der Waals surface area (Å²) < 4.78 is 31.0. The van der Waals surface area contributed by atoms with Crippen molar-refractivity contribution in [1.82, 2.24) is 19.6 Å². The standard InChI is InChI=1S/C26H22F2N6O3S/c27-18-7-3-15(4-8-18)13-32-25(36)22(17-5-9-19(28)10-6-17)34(14-16-2-1-11-31-12-16)26(37)23-20(29)21(24(30)35)33-38-23/h1-12,22H,13-14,29H2,(H2,30,35)(H,32,36)/t22-/m1/s1. The van der Waals surface area contributed by atoms with Crippen LogP contribution in [-0.2, 0) is 17.9 Å². The lowest BCUT2D eigenvalue weighted by Crippen LogP contribution is -2.43. The molecular weight excluding hydrogens is 514 g/mol. The molecule has 0 spiro atoms. The molecule has 3 amide bonds. The Balaban J connectivity index is 1.75. The molecule has 0 unspecified atom stereocenters. The van der Waals surface area contributed by atoms with E-state index in [0.29, 0.717) is 28.2 Å². The van der Waals surface area contributed by atoms with Crippen LogP contribution in [0.1, 0.15) is 42.9 Å². The fraction of sp³-hybridized carbons (Fsp3) is 0.115. The largest absolute Gasteiger partial charge is 0.395 e.